The smallest absolute Gasteiger partial charge is 0.258 e. The lowest BCUT2D eigenvalue weighted by Gasteiger charge is -2.14. The van der Waals surface area contributed by atoms with Crippen LogP contribution in [0.4, 0.5) is 0 Å². The average Bonchev–Trinajstić information content (AvgIpc) is 2.31. The Balaban J connectivity index is 2.45. The first-order valence-corrected chi connectivity index (χ1v) is 6.25. The van der Waals surface area contributed by atoms with E-state index in [2.05, 4.69) is 12.2 Å². The summed E-state index contributed by atoms with van der Waals surface area (Å²) in [5.41, 5.74) is 0.645. The molecule has 0 aliphatic heterocycles. The van der Waals surface area contributed by atoms with Crippen LogP contribution >= 0.6 is 0 Å². The molecule has 0 fully saturated rings. The van der Waals surface area contributed by atoms with E-state index >= 15 is 0 Å². The Hall–Kier alpha value is -1.71. The highest BCUT2D eigenvalue weighted by atomic mass is 16.5. The maximum absolute atomic E-state index is 11.6. The zero-order valence-electron chi connectivity index (χ0n) is 11.2. The number of amides is 1. The molecule has 1 rings (SSSR count). The van der Waals surface area contributed by atoms with Crippen molar-refractivity contribution in [1.29, 1.82) is 0 Å². The largest absolute Gasteiger partial charge is 0.508 e. The highest BCUT2D eigenvalue weighted by molar-refractivity contribution is 5.77. The first-order valence-electron chi connectivity index (χ1n) is 6.25. The van der Waals surface area contributed by atoms with Crippen molar-refractivity contribution in [1.82, 2.24) is 5.32 Å². The molecule has 0 heterocycles. The van der Waals surface area contributed by atoms with Gasteiger partial charge in [0.05, 0.1) is 0 Å². The summed E-state index contributed by atoms with van der Waals surface area (Å²) in [6, 6.07) is 5.18. The van der Waals surface area contributed by atoms with Crippen molar-refractivity contribution >= 4 is 5.91 Å². The molecule has 1 aromatic carbocycles. The molecule has 1 unspecified atom stereocenters. The van der Waals surface area contributed by atoms with Crippen LogP contribution in [0.5, 0.6) is 11.5 Å². The highest BCUT2D eigenvalue weighted by Crippen LogP contribution is 2.25. The van der Waals surface area contributed by atoms with Gasteiger partial charge in [0.25, 0.3) is 5.91 Å². The number of hydrogen-bond acceptors (Lipinski definition) is 3. The van der Waals surface area contributed by atoms with Crippen LogP contribution in [-0.2, 0) is 4.79 Å². The van der Waals surface area contributed by atoms with Crippen LogP contribution in [0.3, 0.4) is 0 Å². The number of ether oxygens (including phenoxy) is 1. The van der Waals surface area contributed by atoms with E-state index in [0.29, 0.717) is 11.3 Å². The van der Waals surface area contributed by atoms with Crippen molar-refractivity contribution in [3.63, 3.8) is 0 Å². The molecule has 0 aliphatic carbocycles. The SMILES string of the molecule is CCCC(C)NC(=O)COc1cccc(O)c1C. The third-order valence-electron chi connectivity index (χ3n) is 2.74. The first-order chi connectivity index (χ1) is 8.54. The predicted molar refractivity (Wildman–Crippen MR) is 70.9 cm³/mol. The lowest BCUT2D eigenvalue weighted by Crippen LogP contribution is -2.36. The van der Waals surface area contributed by atoms with E-state index < -0.39 is 0 Å². The van der Waals surface area contributed by atoms with E-state index in [1.807, 2.05) is 6.92 Å². The molecule has 100 valence electrons. The average molecular weight is 251 g/mol. The molecule has 1 atom stereocenters. The summed E-state index contributed by atoms with van der Waals surface area (Å²) in [5.74, 6) is 0.569. The van der Waals surface area contributed by atoms with Gasteiger partial charge < -0.3 is 15.2 Å². The van der Waals surface area contributed by atoms with Gasteiger partial charge in [-0.25, -0.2) is 0 Å². The fourth-order valence-electron chi connectivity index (χ4n) is 1.72. The minimum absolute atomic E-state index is 0.0294. The van der Waals surface area contributed by atoms with Gasteiger partial charge in [0.1, 0.15) is 11.5 Å². The quantitative estimate of drug-likeness (QED) is 0.816. The van der Waals surface area contributed by atoms with E-state index in [-0.39, 0.29) is 24.3 Å². The number of nitrogens with one attached hydrogen (secondary N) is 1. The first kappa shape index (κ1) is 14.4. The van der Waals surface area contributed by atoms with E-state index in [9.17, 15) is 9.90 Å². The molecular weight excluding hydrogens is 230 g/mol. The maximum Gasteiger partial charge on any atom is 0.258 e. The van der Waals surface area contributed by atoms with Crippen molar-refractivity contribution in [3.8, 4) is 11.5 Å². The lowest BCUT2D eigenvalue weighted by atomic mass is 10.2. The van der Waals surface area contributed by atoms with E-state index in [0.717, 1.165) is 12.8 Å². The van der Waals surface area contributed by atoms with Crippen molar-refractivity contribution in [2.24, 2.45) is 0 Å². The summed E-state index contributed by atoms with van der Waals surface area (Å²) < 4.78 is 5.39. The second kappa shape index (κ2) is 6.89. The van der Waals surface area contributed by atoms with Crippen LogP contribution in [0, 0.1) is 6.92 Å². The number of rotatable bonds is 6. The van der Waals surface area contributed by atoms with Crippen LogP contribution in [0.15, 0.2) is 18.2 Å². The van der Waals surface area contributed by atoms with Crippen LogP contribution in [0.1, 0.15) is 32.3 Å². The van der Waals surface area contributed by atoms with Crippen molar-refractivity contribution in [2.45, 2.75) is 39.7 Å². The van der Waals surface area contributed by atoms with Gasteiger partial charge in [-0.2, -0.15) is 0 Å². The van der Waals surface area contributed by atoms with E-state index in [4.69, 9.17) is 4.74 Å². The summed E-state index contributed by atoms with van der Waals surface area (Å²) in [6.07, 6.45) is 1.99. The topological polar surface area (TPSA) is 58.6 Å². The number of aromatic hydroxyl groups is 1. The Morgan fingerprint density at radius 2 is 2.22 bits per heavy atom. The minimum Gasteiger partial charge on any atom is -0.508 e. The number of phenols is 1. The standard InChI is InChI=1S/C14H21NO3/c1-4-6-10(2)15-14(17)9-18-13-8-5-7-12(16)11(13)3/h5,7-8,10,16H,4,6,9H2,1-3H3,(H,15,17). The second-order valence-corrected chi connectivity index (χ2v) is 4.45. The zero-order valence-corrected chi connectivity index (χ0v) is 11.2. The molecular formula is C14H21NO3. The molecule has 0 saturated carbocycles. The van der Waals surface area contributed by atoms with Gasteiger partial charge in [0.15, 0.2) is 6.61 Å². The summed E-state index contributed by atoms with van der Waals surface area (Å²) in [6.45, 7) is 5.77. The molecule has 4 heteroatoms. The number of carbonyl (C=O) groups excluding carboxylic acids is 1. The number of phenolic OH excluding ortho intramolecular Hbond substituents is 1. The molecule has 1 aromatic rings. The van der Waals surface area contributed by atoms with Crippen molar-refractivity contribution in [3.05, 3.63) is 23.8 Å². The van der Waals surface area contributed by atoms with Crippen LogP contribution in [-0.4, -0.2) is 23.7 Å². The van der Waals surface area contributed by atoms with Crippen molar-refractivity contribution in [2.75, 3.05) is 6.61 Å². The normalized spacial score (nSPS) is 11.9. The maximum atomic E-state index is 11.6. The van der Waals surface area contributed by atoms with Gasteiger partial charge in [-0.1, -0.05) is 19.4 Å². The van der Waals surface area contributed by atoms with Crippen LogP contribution in [0.25, 0.3) is 0 Å². The summed E-state index contributed by atoms with van der Waals surface area (Å²) in [5, 5.41) is 12.4. The van der Waals surface area contributed by atoms with Crippen LogP contribution in [0.2, 0.25) is 0 Å². The highest BCUT2D eigenvalue weighted by Gasteiger charge is 2.09. The van der Waals surface area contributed by atoms with E-state index in [1.54, 1.807) is 25.1 Å². The lowest BCUT2D eigenvalue weighted by molar-refractivity contribution is -0.123. The zero-order chi connectivity index (χ0) is 13.5. The molecule has 1 amide bonds. The molecule has 0 spiro atoms. The molecule has 4 nitrogen and oxygen atoms in total. The molecule has 0 saturated heterocycles. The van der Waals surface area contributed by atoms with Gasteiger partial charge in [0, 0.05) is 11.6 Å². The monoisotopic (exact) mass is 251 g/mol. The molecule has 0 radical (unpaired) electrons. The molecule has 2 N–H and O–H groups in total. The Labute approximate surface area is 108 Å². The fourth-order valence-corrected chi connectivity index (χ4v) is 1.72. The number of hydrogen-bond donors (Lipinski definition) is 2. The second-order valence-electron chi connectivity index (χ2n) is 4.45. The number of benzene rings is 1. The van der Waals surface area contributed by atoms with Crippen LogP contribution < -0.4 is 10.1 Å². The Morgan fingerprint density at radius 1 is 1.50 bits per heavy atom. The Morgan fingerprint density at radius 3 is 2.89 bits per heavy atom. The molecule has 0 aliphatic rings. The Kier molecular flexibility index (Phi) is 5.49. The van der Waals surface area contributed by atoms with Crippen molar-refractivity contribution < 1.29 is 14.6 Å². The minimum atomic E-state index is -0.140. The van der Waals surface area contributed by atoms with Gasteiger partial charge in [0.2, 0.25) is 0 Å². The molecule has 18 heavy (non-hydrogen) atoms. The summed E-state index contributed by atoms with van der Waals surface area (Å²) in [7, 11) is 0. The van der Waals surface area contributed by atoms with Gasteiger partial charge in [-0.15, -0.1) is 0 Å². The fraction of sp³-hybridized carbons (Fsp3) is 0.500. The van der Waals surface area contributed by atoms with Gasteiger partial charge >= 0.3 is 0 Å². The van der Waals surface area contributed by atoms with Gasteiger partial charge in [-0.3, -0.25) is 4.79 Å². The molecule has 0 aromatic heterocycles. The van der Waals surface area contributed by atoms with E-state index in [1.165, 1.54) is 0 Å². The third kappa shape index (κ3) is 4.28. The predicted octanol–water partition coefficient (Wildman–Crippen LogP) is 2.38. The molecule has 0 bridgehead atoms. The van der Waals surface area contributed by atoms with Gasteiger partial charge in [-0.05, 0) is 32.4 Å². The Bertz CT molecular complexity index is 404. The third-order valence-corrected chi connectivity index (χ3v) is 2.74. The number of carbonyl (C=O) groups is 1. The summed E-state index contributed by atoms with van der Waals surface area (Å²) in [4.78, 5) is 11.6. The summed E-state index contributed by atoms with van der Waals surface area (Å²) >= 11 is 0.